The fraction of sp³-hybridized carbons (Fsp3) is 0.154. The first kappa shape index (κ1) is 10.7. The molecule has 90 valence electrons. The van der Waals surface area contributed by atoms with E-state index in [0.717, 1.165) is 0 Å². The lowest BCUT2D eigenvalue weighted by molar-refractivity contribution is 0.0972. The number of ketones is 2. The van der Waals surface area contributed by atoms with E-state index in [1.54, 1.807) is 36.7 Å². The summed E-state index contributed by atoms with van der Waals surface area (Å²) in [6, 6.07) is 4.91. The molecule has 0 fully saturated rings. The number of hydrogen-bond acceptors (Lipinski definition) is 4. The van der Waals surface area contributed by atoms with Crippen LogP contribution in [0.4, 0.5) is 5.69 Å². The van der Waals surface area contributed by atoms with Crippen molar-refractivity contribution in [2.24, 2.45) is 7.05 Å². The van der Waals surface area contributed by atoms with Gasteiger partial charge in [0.2, 0.25) is 11.6 Å². The van der Waals surface area contributed by atoms with E-state index in [4.69, 9.17) is 5.73 Å². The van der Waals surface area contributed by atoms with Gasteiger partial charge in [-0.05, 0) is 13.0 Å². The standard InChI is InChI=1S/C13H11N3O2/c1-6-15-10-11(16(6)2)12(17)7-4-3-5-8(14)9(7)13(10)18/h3-5H,14H2,1-2H3. The largest absolute Gasteiger partial charge is 0.398 e. The maximum absolute atomic E-state index is 12.4. The summed E-state index contributed by atoms with van der Waals surface area (Å²) in [6.07, 6.45) is 0. The molecule has 0 spiro atoms. The molecule has 3 rings (SSSR count). The maximum Gasteiger partial charge on any atom is 0.216 e. The molecule has 1 aliphatic carbocycles. The van der Waals surface area contributed by atoms with Crippen LogP contribution in [0.1, 0.15) is 37.9 Å². The lowest BCUT2D eigenvalue weighted by atomic mass is 9.89. The highest BCUT2D eigenvalue weighted by molar-refractivity contribution is 6.28. The molecule has 5 nitrogen and oxygen atoms in total. The van der Waals surface area contributed by atoms with E-state index in [2.05, 4.69) is 4.98 Å². The highest BCUT2D eigenvalue weighted by Gasteiger charge is 2.35. The van der Waals surface area contributed by atoms with Crippen LogP contribution in [0.5, 0.6) is 0 Å². The van der Waals surface area contributed by atoms with Gasteiger partial charge in [-0.15, -0.1) is 0 Å². The number of carbonyl (C=O) groups excluding carboxylic acids is 2. The number of nitrogens with two attached hydrogens (primary N) is 1. The molecule has 0 saturated heterocycles. The third-order valence-electron chi connectivity index (χ3n) is 3.32. The second-order valence-electron chi connectivity index (χ2n) is 4.34. The van der Waals surface area contributed by atoms with Gasteiger partial charge in [0.15, 0.2) is 0 Å². The van der Waals surface area contributed by atoms with Crippen LogP contribution in [0.2, 0.25) is 0 Å². The molecule has 18 heavy (non-hydrogen) atoms. The van der Waals surface area contributed by atoms with Crippen LogP contribution in [0.15, 0.2) is 18.2 Å². The Labute approximate surface area is 103 Å². The van der Waals surface area contributed by atoms with Gasteiger partial charge in [-0.1, -0.05) is 12.1 Å². The van der Waals surface area contributed by atoms with E-state index >= 15 is 0 Å². The number of imidazole rings is 1. The van der Waals surface area contributed by atoms with Crippen LogP contribution in [-0.4, -0.2) is 21.1 Å². The molecule has 0 unspecified atom stereocenters. The fourth-order valence-electron chi connectivity index (χ4n) is 2.29. The second-order valence-corrected chi connectivity index (χ2v) is 4.34. The third kappa shape index (κ3) is 1.13. The molecule has 1 heterocycles. The molecule has 0 amide bonds. The Bertz CT molecular complexity index is 711. The van der Waals surface area contributed by atoms with Gasteiger partial charge in [0, 0.05) is 18.3 Å². The van der Waals surface area contributed by atoms with Gasteiger partial charge in [-0.2, -0.15) is 0 Å². The highest BCUT2D eigenvalue weighted by atomic mass is 16.1. The summed E-state index contributed by atoms with van der Waals surface area (Å²) in [5.74, 6) is 0.157. The Kier molecular flexibility index (Phi) is 1.96. The van der Waals surface area contributed by atoms with Crippen LogP contribution in [0.25, 0.3) is 0 Å². The van der Waals surface area contributed by atoms with E-state index in [1.165, 1.54) is 0 Å². The Morgan fingerprint density at radius 3 is 2.67 bits per heavy atom. The summed E-state index contributed by atoms with van der Waals surface area (Å²) in [4.78, 5) is 28.9. The van der Waals surface area contributed by atoms with Gasteiger partial charge in [0.05, 0.1) is 5.56 Å². The minimum absolute atomic E-state index is 0.199. The zero-order chi connectivity index (χ0) is 13.0. The summed E-state index contributed by atoms with van der Waals surface area (Å²) in [7, 11) is 1.73. The number of benzene rings is 1. The number of hydrogen-bond donors (Lipinski definition) is 1. The van der Waals surface area contributed by atoms with Crippen molar-refractivity contribution in [3.8, 4) is 0 Å². The lowest BCUT2D eigenvalue weighted by Crippen LogP contribution is -2.23. The minimum atomic E-state index is -0.276. The van der Waals surface area contributed by atoms with Gasteiger partial charge in [0.1, 0.15) is 17.2 Å². The number of nitrogens with zero attached hydrogens (tertiary/aromatic N) is 2. The molecule has 0 saturated carbocycles. The van der Waals surface area contributed by atoms with Gasteiger partial charge in [-0.25, -0.2) is 4.98 Å². The first-order chi connectivity index (χ1) is 8.52. The number of nitrogen functional groups attached to an aromatic ring is 1. The van der Waals surface area contributed by atoms with Crippen LogP contribution >= 0.6 is 0 Å². The summed E-state index contributed by atoms with van der Waals surface area (Å²) in [6.45, 7) is 1.76. The Morgan fingerprint density at radius 1 is 1.22 bits per heavy atom. The topological polar surface area (TPSA) is 78.0 Å². The lowest BCUT2D eigenvalue weighted by Gasteiger charge is -2.15. The van der Waals surface area contributed by atoms with Crippen molar-refractivity contribution in [1.29, 1.82) is 0 Å². The molecule has 5 heteroatoms. The number of carbonyl (C=O) groups is 2. The molecular weight excluding hydrogens is 230 g/mol. The number of rotatable bonds is 0. The van der Waals surface area contributed by atoms with Crippen LogP contribution in [0.3, 0.4) is 0 Å². The first-order valence-electron chi connectivity index (χ1n) is 5.53. The smallest absolute Gasteiger partial charge is 0.216 e. The van der Waals surface area contributed by atoms with Gasteiger partial charge in [0.25, 0.3) is 0 Å². The van der Waals surface area contributed by atoms with Crippen molar-refractivity contribution >= 4 is 17.3 Å². The predicted octanol–water partition coefficient (Wildman–Crippen LogP) is 1.09. The third-order valence-corrected chi connectivity index (χ3v) is 3.32. The average Bonchev–Trinajstić information content (AvgIpc) is 2.63. The molecule has 0 atom stereocenters. The van der Waals surface area contributed by atoms with E-state index in [1.807, 2.05) is 0 Å². The summed E-state index contributed by atoms with van der Waals surface area (Å²) in [5, 5.41) is 0. The van der Waals surface area contributed by atoms with Crippen molar-refractivity contribution in [2.45, 2.75) is 6.92 Å². The van der Waals surface area contributed by atoms with Crippen LogP contribution in [0, 0.1) is 6.92 Å². The number of anilines is 1. The van der Waals surface area contributed by atoms with Crippen molar-refractivity contribution < 1.29 is 9.59 Å². The molecule has 2 aromatic rings. The van der Waals surface area contributed by atoms with Crippen molar-refractivity contribution in [1.82, 2.24) is 9.55 Å². The highest BCUT2D eigenvalue weighted by Crippen LogP contribution is 2.30. The molecule has 1 aromatic heterocycles. The zero-order valence-electron chi connectivity index (χ0n) is 10.0. The zero-order valence-corrected chi connectivity index (χ0v) is 10.0. The second kappa shape index (κ2) is 3.29. The Hall–Kier alpha value is -2.43. The first-order valence-corrected chi connectivity index (χ1v) is 5.53. The van der Waals surface area contributed by atoms with Crippen molar-refractivity contribution in [3.05, 3.63) is 46.5 Å². The summed E-state index contributed by atoms with van der Waals surface area (Å²) < 4.78 is 1.64. The quantitative estimate of drug-likeness (QED) is 0.597. The van der Waals surface area contributed by atoms with E-state index in [-0.39, 0.29) is 22.8 Å². The molecular formula is C13H11N3O2. The Balaban J connectivity index is 2.39. The van der Waals surface area contributed by atoms with Crippen LogP contribution in [-0.2, 0) is 7.05 Å². The van der Waals surface area contributed by atoms with Crippen molar-refractivity contribution in [2.75, 3.05) is 5.73 Å². The molecule has 0 radical (unpaired) electrons. The molecule has 1 aliphatic rings. The molecule has 2 N–H and O–H groups in total. The summed E-state index contributed by atoms with van der Waals surface area (Å²) >= 11 is 0. The monoisotopic (exact) mass is 241 g/mol. The van der Waals surface area contributed by atoms with Gasteiger partial charge >= 0.3 is 0 Å². The molecule has 0 bridgehead atoms. The van der Waals surface area contributed by atoms with E-state index < -0.39 is 0 Å². The fourth-order valence-corrected chi connectivity index (χ4v) is 2.29. The Morgan fingerprint density at radius 2 is 1.94 bits per heavy atom. The number of aryl methyl sites for hydroxylation is 1. The number of fused-ring (bicyclic) bond motifs is 2. The normalized spacial score (nSPS) is 13.4. The van der Waals surface area contributed by atoms with Gasteiger partial charge in [-0.3, -0.25) is 9.59 Å². The van der Waals surface area contributed by atoms with Gasteiger partial charge < -0.3 is 10.3 Å². The van der Waals surface area contributed by atoms with E-state index in [9.17, 15) is 9.59 Å². The molecule has 0 aliphatic heterocycles. The van der Waals surface area contributed by atoms with Crippen LogP contribution < -0.4 is 5.73 Å². The maximum atomic E-state index is 12.4. The predicted molar refractivity (Wildman–Crippen MR) is 65.7 cm³/mol. The SMILES string of the molecule is Cc1nc2c(n1C)C(=O)c1cccc(N)c1C2=O. The molecule has 1 aromatic carbocycles. The summed E-state index contributed by atoms with van der Waals surface area (Å²) in [5.41, 5.74) is 7.28. The number of aromatic nitrogens is 2. The van der Waals surface area contributed by atoms with Crippen molar-refractivity contribution in [3.63, 3.8) is 0 Å². The van der Waals surface area contributed by atoms with E-state index in [0.29, 0.717) is 22.8 Å². The average molecular weight is 241 g/mol. The minimum Gasteiger partial charge on any atom is -0.398 e.